The summed E-state index contributed by atoms with van der Waals surface area (Å²) in [5.74, 6) is 2.16. The second kappa shape index (κ2) is 9.46. The van der Waals surface area contributed by atoms with Crippen LogP contribution in [-0.2, 0) is 5.41 Å². The van der Waals surface area contributed by atoms with Crippen LogP contribution in [-0.4, -0.2) is 34.9 Å². The molecule has 0 bridgehead atoms. The van der Waals surface area contributed by atoms with Gasteiger partial charge in [-0.2, -0.15) is 0 Å². The van der Waals surface area contributed by atoms with Crippen LogP contribution in [0.3, 0.4) is 0 Å². The van der Waals surface area contributed by atoms with Crippen molar-refractivity contribution in [2.24, 2.45) is 0 Å². The van der Waals surface area contributed by atoms with Crippen LogP contribution in [0.15, 0.2) is 65.4 Å². The monoisotopic (exact) mass is 470 g/mol. The van der Waals surface area contributed by atoms with Crippen LogP contribution >= 0.6 is 0 Å². The summed E-state index contributed by atoms with van der Waals surface area (Å²) in [7, 11) is 3.95. The summed E-state index contributed by atoms with van der Waals surface area (Å²) in [6.07, 6.45) is 1.39. The van der Waals surface area contributed by atoms with Gasteiger partial charge in [-0.05, 0) is 36.4 Å². The van der Waals surface area contributed by atoms with Crippen LogP contribution in [0.5, 0.6) is 0 Å². The molecule has 0 unspecified atom stereocenters. The van der Waals surface area contributed by atoms with E-state index in [0.29, 0.717) is 17.2 Å². The van der Waals surface area contributed by atoms with Gasteiger partial charge in [0.05, 0.1) is 11.3 Å². The van der Waals surface area contributed by atoms with Crippen molar-refractivity contribution in [1.29, 1.82) is 5.41 Å². The van der Waals surface area contributed by atoms with Gasteiger partial charge in [-0.3, -0.25) is 5.41 Å². The first-order valence-corrected chi connectivity index (χ1v) is 11.2. The van der Waals surface area contributed by atoms with Gasteiger partial charge < -0.3 is 25.8 Å². The summed E-state index contributed by atoms with van der Waals surface area (Å²) in [4.78, 5) is 10.5. The zero-order valence-electron chi connectivity index (χ0n) is 20.5. The Labute approximate surface area is 204 Å². The van der Waals surface area contributed by atoms with E-state index < -0.39 is 0 Å². The quantitative estimate of drug-likeness (QED) is 0.267. The minimum absolute atomic E-state index is 0.111. The number of hydrogen-bond donors (Lipinski definition) is 4. The molecule has 2 aromatic carbocycles. The van der Waals surface area contributed by atoms with E-state index in [1.807, 2.05) is 73.6 Å². The highest BCUT2D eigenvalue weighted by molar-refractivity contribution is 6.16. The predicted octanol–water partition coefficient (Wildman–Crippen LogP) is 5.31. The number of benzene rings is 2. The Kier molecular flexibility index (Phi) is 6.42. The molecule has 0 radical (unpaired) electrons. The molecule has 4 rings (SSSR count). The van der Waals surface area contributed by atoms with Gasteiger partial charge in [0, 0.05) is 48.2 Å². The summed E-state index contributed by atoms with van der Waals surface area (Å²) >= 11 is 0. The molecule has 2 heterocycles. The molecule has 0 atom stereocenters. The van der Waals surface area contributed by atoms with Gasteiger partial charge in [0.15, 0.2) is 5.82 Å². The second-order valence-electron chi connectivity index (χ2n) is 9.45. The largest absolute Gasteiger partial charge is 0.383 e. The third-order valence-electron chi connectivity index (χ3n) is 5.47. The lowest BCUT2D eigenvalue weighted by Crippen LogP contribution is -2.13. The molecule has 9 nitrogen and oxygen atoms in total. The number of anilines is 6. The van der Waals surface area contributed by atoms with Crippen molar-refractivity contribution < 1.29 is 4.52 Å². The predicted molar refractivity (Wildman–Crippen MR) is 141 cm³/mol. The maximum absolute atomic E-state index is 8.76. The Balaban J connectivity index is 1.52. The number of rotatable bonds is 7. The maximum Gasteiger partial charge on any atom is 0.174 e. The van der Waals surface area contributed by atoms with Crippen LogP contribution in [0.4, 0.5) is 34.5 Å². The average Bonchev–Trinajstić information content (AvgIpc) is 3.29. The van der Waals surface area contributed by atoms with Gasteiger partial charge in [-0.25, -0.2) is 9.97 Å². The highest BCUT2D eigenvalue weighted by Crippen LogP contribution is 2.28. The lowest BCUT2D eigenvalue weighted by atomic mass is 9.93. The normalized spacial score (nSPS) is 11.2. The zero-order valence-corrected chi connectivity index (χ0v) is 20.5. The Morgan fingerprint density at radius 1 is 0.943 bits per heavy atom. The number of hydrogen-bond acceptors (Lipinski definition) is 9. The van der Waals surface area contributed by atoms with E-state index in [9.17, 15) is 0 Å². The highest BCUT2D eigenvalue weighted by atomic mass is 16.5. The molecule has 0 fully saturated rings. The fraction of sp³-hybridized carbons (Fsp3) is 0.231. The van der Waals surface area contributed by atoms with Gasteiger partial charge in [0.1, 0.15) is 23.7 Å². The molecule has 35 heavy (non-hydrogen) atoms. The molecule has 0 amide bonds. The molecule has 5 N–H and O–H groups in total. The van der Waals surface area contributed by atoms with E-state index >= 15 is 0 Å². The topological polar surface area (TPSA) is 129 Å². The van der Waals surface area contributed by atoms with E-state index in [0.717, 1.165) is 28.4 Å². The fourth-order valence-corrected chi connectivity index (χ4v) is 3.42. The number of nitrogens with zero attached hydrogens (tertiary/aromatic N) is 4. The molecule has 0 saturated carbocycles. The lowest BCUT2D eigenvalue weighted by molar-refractivity contribution is 0.331. The summed E-state index contributed by atoms with van der Waals surface area (Å²) in [6.45, 7) is 6.22. The number of nitrogen functional groups attached to an aromatic ring is 1. The van der Waals surface area contributed by atoms with E-state index in [1.54, 1.807) is 0 Å². The molecular formula is C26H30N8O. The van der Waals surface area contributed by atoms with Crippen molar-refractivity contribution in [2.75, 3.05) is 35.4 Å². The third kappa shape index (κ3) is 5.40. The number of nitrogens with one attached hydrogen (secondary N) is 3. The smallest absolute Gasteiger partial charge is 0.174 e. The molecule has 0 spiro atoms. The van der Waals surface area contributed by atoms with Crippen LogP contribution in [0.1, 0.15) is 37.7 Å². The van der Waals surface area contributed by atoms with Gasteiger partial charge in [-0.15, -0.1) is 0 Å². The van der Waals surface area contributed by atoms with E-state index in [-0.39, 0.29) is 16.9 Å². The van der Waals surface area contributed by atoms with Gasteiger partial charge in [0.2, 0.25) is 0 Å². The molecule has 0 aliphatic rings. The summed E-state index contributed by atoms with van der Waals surface area (Å²) in [5.41, 5.74) is 10.2. The Hall–Kier alpha value is -4.40. The first-order valence-electron chi connectivity index (χ1n) is 11.2. The van der Waals surface area contributed by atoms with E-state index in [2.05, 4.69) is 46.5 Å². The average molecular weight is 471 g/mol. The second-order valence-corrected chi connectivity index (χ2v) is 9.45. The van der Waals surface area contributed by atoms with E-state index in [4.69, 9.17) is 15.7 Å². The lowest BCUT2D eigenvalue weighted by Gasteiger charge is -2.15. The van der Waals surface area contributed by atoms with Crippen molar-refractivity contribution >= 4 is 40.2 Å². The standard InChI is InChI=1S/C26H30N8O/c1-26(2,3)20-14-21(33-35-20)31-17-8-10-18(11-9-17)32-25-22(24(28)29-15-30-25)23(27)16-6-12-19(13-7-16)34(4)5/h6-15,27H,1-5H3,(H,31,33)(H3,28,29,30,32). The van der Waals surface area contributed by atoms with Crippen LogP contribution in [0, 0.1) is 5.41 Å². The molecule has 0 saturated heterocycles. The maximum atomic E-state index is 8.76. The highest BCUT2D eigenvalue weighted by Gasteiger charge is 2.20. The summed E-state index contributed by atoms with van der Waals surface area (Å²) < 4.78 is 5.43. The van der Waals surface area contributed by atoms with Crippen LogP contribution < -0.4 is 21.3 Å². The molecule has 0 aliphatic heterocycles. The molecule has 4 aromatic rings. The van der Waals surface area contributed by atoms with Crippen molar-refractivity contribution in [1.82, 2.24) is 15.1 Å². The molecule has 2 aromatic heterocycles. The van der Waals surface area contributed by atoms with Crippen LogP contribution in [0.2, 0.25) is 0 Å². The Morgan fingerprint density at radius 3 is 2.14 bits per heavy atom. The first kappa shape index (κ1) is 23.7. The number of nitrogens with two attached hydrogens (primary N) is 1. The number of aromatic nitrogens is 3. The molecule has 9 heteroatoms. The Morgan fingerprint density at radius 2 is 1.57 bits per heavy atom. The van der Waals surface area contributed by atoms with E-state index in [1.165, 1.54) is 6.33 Å². The van der Waals surface area contributed by atoms with Gasteiger partial charge in [0.25, 0.3) is 0 Å². The van der Waals surface area contributed by atoms with Crippen molar-refractivity contribution in [3.63, 3.8) is 0 Å². The summed E-state index contributed by atoms with van der Waals surface area (Å²) in [6, 6.07) is 17.3. The van der Waals surface area contributed by atoms with Crippen LogP contribution in [0.25, 0.3) is 0 Å². The zero-order chi connectivity index (χ0) is 25.2. The molecular weight excluding hydrogens is 440 g/mol. The minimum atomic E-state index is -0.111. The van der Waals surface area contributed by atoms with Crippen molar-refractivity contribution in [2.45, 2.75) is 26.2 Å². The molecule has 0 aliphatic carbocycles. The fourth-order valence-electron chi connectivity index (χ4n) is 3.42. The van der Waals surface area contributed by atoms with Crippen molar-refractivity contribution in [3.05, 3.63) is 77.8 Å². The first-order chi connectivity index (χ1) is 16.6. The van der Waals surface area contributed by atoms with Crippen molar-refractivity contribution in [3.8, 4) is 0 Å². The SMILES string of the molecule is CN(C)c1ccc(C(=N)c2c(N)ncnc2Nc2ccc(Nc3cc(C(C)(C)C)on3)cc2)cc1. The molecule has 180 valence electrons. The summed E-state index contributed by atoms with van der Waals surface area (Å²) in [5, 5.41) is 19.4. The minimum Gasteiger partial charge on any atom is -0.383 e. The van der Waals surface area contributed by atoms with Gasteiger partial charge >= 0.3 is 0 Å². The third-order valence-corrected chi connectivity index (χ3v) is 5.47. The van der Waals surface area contributed by atoms with Gasteiger partial charge in [-0.1, -0.05) is 38.1 Å². The Bertz CT molecular complexity index is 1320.